The van der Waals surface area contributed by atoms with Crippen molar-refractivity contribution in [3.63, 3.8) is 0 Å². The highest BCUT2D eigenvalue weighted by Crippen LogP contribution is 2.28. The van der Waals surface area contributed by atoms with Gasteiger partial charge in [-0.3, -0.25) is 15.1 Å². The lowest BCUT2D eigenvalue weighted by Gasteiger charge is -2.02. The van der Waals surface area contributed by atoms with Crippen molar-refractivity contribution in [1.29, 1.82) is 0 Å². The van der Waals surface area contributed by atoms with Gasteiger partial charge in [-0.1, -0.05) is 0 Å². The first-order chi connectivity index (χ1) is 7.11. The zero-order chi connectivity index (χ0) is 11.0. The molecule has 0 amide bonds. The van der Waals surface area contributed by atoms with Crippen LogP contribution in [0.2, 0.25) is 0 Å². The molecule has 76 valence electrons. The Balaban J connectivity index is 2.96. The van der Waals surface area contributed by atoms with Gasteiger partial charge in [-0.05, 0) is 24.6 Å². The summed E-state index contributed by atoms with van der Waals surface area (Å²) in [7, 11) is 0. The molecule has 0 unspecified atom stereocenters. The van der Waals surface area contributed by atoms with Gasteiger partial charge in [0.1, 0.15) is 11.3 Å². The fourth-order valence-corrected chi connectivity index (χ4v) is 1.53. The zero-order valence-corrected chi connectivity index (χ0v) is 7.90. The molecule has 0 spiro atoms. The van der Waals surface area contributed by atoms with Crippen LogP contribution in [0.1, 0.15) is 5.56 Å². The van der Waals surface area contributed by atoms with Gasteiger partial charge in [-0.15, -0.1) is 0 Å². The van der Waals surface area contributed by atoms with Gasteiger partial charge in [0.15, 0.2) is 0 Å². The van der Waals surface area contributed by atoms with Gasteiger partial charge in [0.05, 0.1) is 10.3 Å². The molecular weight excluding hydrogens is 199 g/mol. The highest BCUT2D eigenvalue weighted by atomic mass is 19.1. The Bertz CT molecular complexity index is 554. The van der Waals surface area contributed by atoms with Crippen molar-refractivity contribution in [2.75, 3.05) is 0 Å². The van der Waals surface area contributed by atoms with Crippen molar-refractivity contribution < 1.29 is 9.31 Å². The zero-order valence-electron chi connectivity index (χ0n) is 7.90. The van der Waals surface area contributed by atoms with Crippen LogP contribution in [0.4, 0.5) is 10.1 Å². The Hall–Kier alpha value is -2.04. The average Bonchev–Trinajstić information content (AvgIpc) is 2.19. The van der Waals surface area contributed by atoms with Crippen molar-refractivity contribution in [3.8, 4) is 0 Å². The molecule has 0 aliphatic heterocycles. The summed E-state index contributed by atoms with van der Waals surface area (Å²) in [6.45, 7) is 1.69. The van der Waals surface area contributed by atoms with Crippen LogP contribution in [0, 0.1) is 22.9 Å². The van der Waals surface area contributed by atoms with E-state index in [0.29, 0.717) is 5.56 Å². The first-order valence-electron chi connectivity index (χ1n) is 4.29. The topological polar surface area (TPSA) is 56.0 Å². The number of rotatable bonds is 1. The number of nitrogens with zero attached hydrogens (tertiary/aromatic N) is 2. The molecule has 0 fully saturated rings. The summed E-state index contributed by atoms with van der Waals surface area (Å²) in [5.74, 6) is -0.542. The molecule has 0 N–H and O–H groups in total. The standard InChI is InChI=1S/C10H7FN2O2/c1-6-4-5-12-10-7(11)2-3-8(9(6)10)13(14)15/h2-5H,1H3. The number of aryl methyl sites for hydroxylation is 1. The summed E-state index contributed by atoms with van der Waals surface area (Å²) < 4.78 is 13.3. The average molecular weight is 206 g/mol. The van der Waals surface area contributed by atoms with Crippen LogP contribution in [-0.2, 0) is 0 Å². The minimum absolute atomic E-state index is 0.0456. The number of benzene rings is 1. The van der Waals surface area contributed by atoms with E-state index < -0.39 is 10.7 Å². The van der Waals surface area contributed by atoms with Crippen LogP contribution in [0.5, 0.6) is 0 Å². The summed E-state index contributed by atoms with van der Waals surface area (Å²) in [4.78, 5) is 14.0. The fourth-order valence-electron chi connectivity index (χ4n) is 1.53. The molecule has 1 aromatic carbocycles. The first-order valence-corrected chi connectivity index (χ1v) is 4.29. The third-order valence-electron chi connectivity index (χ3n) is 2.23. The number of fused-ring (bicyclic) bond motifs is 1. The van der Waals surface area contributed by atoms with E-state index >= 15 is 0 Å². The quantitative estimate of drug-likeness (QED) is 0.532. The number of non-ortho nitro benzene ring substituents is 1. The van der Waals surface area contributed by atoms with E-state index in [1.54, 1.807) is 13.0 Å². The third-order valence-corrected chi connectivity index (χ3v) is 2.23. The van der Waals surface area contributed by atoms with Crippen LogP contribution < -0.4 is 0 Å². The van der Waals surface area contributed by atoms with E-state index in [4.69, 9.17) is 0 Å². The highest BCUT2D eigenvalue weighted by molar-refractivity contribution is 5.91. The molecule has 0 saturated heterocycles. The Labute approximate surface area is 84.5 Å². The van der Waals surface area contributed by atoms with Crippen molar-refractivity contribution in [3.05, 3.63) is 45.9 Å². The number of halogens is 1. The van der Waals surface area contributed by atoms with Crippen LogP contribution in [0.25, 0.3) is 10.9 Å². The highest BCUT2D eigenvalue weighted by Gasteiger charge is 2.16. The molecular formula is C10H7FN2O2. The molecule has 2 aromatic rings. The largest absolute Gasteiger partial charge is 0.279 e. The van der Waals surface area contributed by atoms with Crippen LogP contribution >= 0.6 is 0 Å². The number of hydrogen-bond donors (Lipinski definition) is 0. The molecule has 0 aliphatic carbocycles. The van der Waals surface area contributed by atoms with Crippen molar-refractivity contribution in [1.82, 2.24) is 4.98 Å². The fraction of sp³-hybridized carbons (Fsp3) is 0.100. The van der Waals surface area contributed by atoms with Gasteiger partial charge in [-0.2, -0.15) is 0 Å². The van der Waals surface area contributed by atoms with E-state index in [0.717, 1.165) is 12.1 Å². The van der Waals surface area contributed by atoms with Crippen LogP contribution in [0.15, 0.2) is 24.4 Å². The van der Waals surface area contributed by atoms with E-state index in [9.17, 15) is 14.5 Å². The molecule has 0 saturated carbocycles. The Morgan fingerprint density at radius 1 is 1.40 bits per heavy atom. The Kier molecular flexibility index (Phi) is 2.07. The van der Waals surface area contributed by atoms with E-state index in [-0.39, 0.29) is 16.6 Å². The monoisotopic (exact) mass is 206 g/mol. The lowest BCUT2D eigenvalue weighted by molar-refractivity contribution is -0.383. The molecule has 0 aliphatic rings. The van der Waals surface area contributed by atoms with Crippen LogP contribution in [-0.4, -0.2) is 9.91 Å². The summed E-state index contributed by atoms with van der Waals surface area (Å²) in [6, 6.07) is 3.84. The Morgan fingerprint density at radius 2 is 2.13 bits per heavy atom. The maximum atomic E-state index is 13.3. The number of pyridine rings is 1. The van der Waals surface area contributed by atoms with Gasteiger partial charge >= 0.3 is 0 Å². The predicted octanol–water partition coefficient (Wildman–Crippen LogP) is 2.59. The van der Waals surface area contributed by atoms with Gasteiger partial charge < -0.3 is 0 Å². The maximum absolute atomic E-state index is 13.3. The summed E-state index contributed by atoms with van der Waals surface area (Å²) in [5.41, 5.74) is 0.576. The van der Waals surface area contributed by atoms with Crippen molar-refractivity contribution in [2.45, 2.75) is 6.92 Å². The minimum Gasteiger partial charge on any atom is -0.258 e. The van der Waals surface area contributed by atoms with Crippen molar-refractivity contribution in [2.24, 2.45) is 0 Å². The van der Waals surface area contributed by atoms with E-state index in [2.05, 4.69) is 4.98 Å². The number of aromatic nitrogens is 1. The van der Waals surface area contributed by atoms with Gasteiger partial charge in [-0.25, -0.2) is 4.39 Å². The predicted molar refractivity (Wildman–Crippen MR) is 53.1 cm³/mol. The molecule has 2 rings (SSSR count). The number of hydrogen-bond acceptors (Lipinski definition) is 3. The van der Waals surface area contributed by atoms with E-state index in [1.165, 1.54) is 6.20 Å². The maximum Gasteiger partial charge on any atom is 0.279 e. The second-order valence-electron chi connectivity index (χ2n) is 3.18. The van der Waals surface area contributed by atoms with Gasteiger partial charge in [0, 0.05) is 12.3 Å². The van der Waals surface area contributed by atoms with Crippen molar-refractivity contribution >= 4 is 16.6 Å². The summed E-state index contributed by atoms with van der Waals surface area (Å²) in [5, 5.41) is 11.0. The molecule has 5 heteroatoms. The van der Waals surface area contributed by atoms with E-state index in [1.807, 2.05) is 0 Å². The number of nitro benzene ring substituents is 1. The molecule has 0 radical (unpaired) electrons. The molecule has 4 nitrogen and oxygen atoms in total. The normalized spacial score (nSPS) is 10.5. The Morgan fingerprint density at radius 3 is 2.80 bits per heavy atom. The third kappa shape index (κ3) is 1.41. The van der Waals surface area contributed by atoms with Crippen LogP contribution in [0.3, 0.4) is 0 Å². The molecule has 0 bridgehead atoms. The SMILES string of the molecule is Cc1ccnc2c(F)ccc([N+](=O)[O-])c12. The first kappa shape index (κ1) is 9.51. The second-order valence-corrected chi connectivity index (χ2v) is 3.18. The molecule has 1 aromatic heterocycles. The number of nitro groups is 1. The van der Waals surface area contributed by atoms with Gasteiger partial charge in [0.2, 0.25) is 0 Å². The summed E-state index contributed by atoms with van der Waals surface area (Å²) in [6.07, 6.45) is 1.43. The summed E-state index contributed by atoms with van der Waals surface area (Å²) >= 11 is 0. The smallest absolute Gasteiger partial charge is 0.258 e. The lowest BCUT2D eigenvalue weighted by atomic mass is 10.1. The second kappa shape index (κ2) is 3.27. The minimum atomic E-state index is -0.542. The lowest BCUT2D eigenvalue weighted by Crippen LogP contribution is -1.94. The molecule has 15 heavy (non-hydrogen) atoms. The molecule has 0 atom stereocenters. The molecule has 1 heterocycles. The van der Waals surface area contributed by atoms with Gasteiger partial charge in [0.25, 0.3) is 5.69 Å².